The van der Waals surface area contributed by atoms with Crippen molar-refractivity contribution in [3.63, 3.8) is 0 Å². The molecule has 0 amide bonds. The van der Waals surface area contributed by atoms with Gasteiger partial charge in [0.25, 0.3) is 0 Å². The molecule has 0 spiro atoms. The first kappa shape index (κ1) is 12.2. The van der Waals surface area contributed by atoms with E-state index in [9.17, 15) is 5.11 Å². The predicted octanol–water partition coefficient (Wildman–Crippen LogP) is 2.81. The van der Waals surface area contributed by atoms with Crippen LogP contribution in [0, 0.1) is 5.92 Å². The zero-order valence-electron chi connectivity index (χ0n) is 9.69. The van der Waals surface area contributed by atoms with Crippen LogP contribution in [0.4, 0.5) is 0 Å². The molecule has 0 aromatic carbocycles. The second-order valence-corrected chi connectivity index (χ2v) is 4.23. The maximum absolute atomic E-state index is 9.89. The Morgan fingerprint density at radius 3 is 2.53 bits per heavy atom. The van der Waals surface area contributed by atoms with Gasteiger partial charge in [-0.25, -0.2) is 0 Å². The summed E-state index contributed by atoms with van der Waals surface area (Å²) in [7, 11) is 0. The van der Waals surface area contributed by atoms with Crippen molar-refractivity contribution < 1.29 is 5.11 Å². The Morgan fingerprint density at radius 2 is 1.93 bits per heavy atom. The van der Waals surface area contributed by atoms with Crippen molar-refractivity contribution in [1.82, 2.24) is 4.98 Å². The van der Waals surface area contributed by atoms with E-state index in [-0.39, 0.29) is 6.10 Å². The maximum Gasteiger partial charge on any atom is 0.0568 e. The summed E-state index contributed by atoms with van der Waals surface area (Å²) in [5, 5.41) is 9.89. The van der Waals surface area contributed by atoms with Gasteiger partial charge >= 0.3 is 0 Å². The van der Waals surface area contributed by atoms with Gasteiger partial charge in [-0.2, -0.15) is 0 Å². The van der Waals surface area contributed by atoms with Gasteiger partial charge in [-0.05, 0) is 42.9 Å². The number of hydrogen-bond acceptors (Lipinski definition) is 2. The number of pyridine rings is 1. The van der Waals surface area contributed by atoms with Crippen LogP contribution < -0.4 is 0 Å². The van der Waals surface area contributed by atoms with Crippen molar-refractivity contribution in [2.24, 2.45) is 5.92 Å². The van der Waals surface area contributed by atoms with Gasteiger partial charge < -0.3 is 5.11 Å². The molecule has 0 saturated carbocycles. The van der Waals surface area contributed by atoms with E-state index < -0.39 is 0 Å². The smallest absolute Gasteiger partial charge is 0.0568 e. The number of aliphatic hydroxyl groups is 1. The molecule has 1 N–H and O–H groups in total. The van der Waals surface area contributed by atoms with Crippen LogP contribution in [0.1, 0.15) is 38.7 Å². The number of aliphatic hydroxyl groups excluding tert-OH is 1. The monoisotopic (exact) mass is 207 g/mol. The van der Waals surface area contributed by atoms with Crippen LogP contribution in [0.15, 0.2) is 24.5 Å². The second-order valence-electron chi connectivity index (χ2n) is 4.23. The molecule has 0 radical (unpaired) electrons. The first-order valence-electron chi connectivity index (χ1n) is 5.81. The molecule has 2 atom stereocenters. The Morgan fingerprint density at radius 1 is 1.27 bits per heavy atom. The number of nitrogens with zero attached hydrogens (tertiary/aromatic N) is 1. The molecule has 2 unspecified atom stereocenters. The lowest BCUT2D eigenvalue weighted by atomic mass is 9.94. The third-order valence-electron chi connectivity index (χ3n) is 2.88. The van der Waals surface area contributed by atoms with Gasteiger partial charge in [0.05, 0.1) is 6.10 Å². The molecule has 1 aromatic rings. The quantitative estimate of drug-likeness (QED) is 0.778. The van der Waals surface area contributed by atoms with E-state index in [0.717, 1.165) is 25.7 Å². The van der Waals surface area contributed by atoms with Crippen molar-refractivity contribution in [3.05, 3.63) is 30.1 Å². The number of aryl methyl sites for hydroxylation is 1. The Labute approximate surface area is 92.4 Å². The van der Waals surface area contributed by atoms with E-state index in [0.29, 0.717) is 5.92 Å². The summed E-state index contributed by atoms with van der Waals surface area (Å²) in [4.78, 5) is 3.97. The number of aromatic nitrogens is 1. The summed E-state index contributed by atoms with van der Waals surface area (Å²) in [5.74, 6) is 0.414. The third kappa shape index (κ3) is 4.43. The first-order valence-corrected chi connectivity index (χ1v) is 5.81. The van der Waals surface area contributed by atoms with E-state index in [1.165, 1.54) is 5.56 Å². The Bertz CT molecular complexity index is 260. The molecule has 0 aliphatic rings. The molecule has 0 bridgehead atoms. The van der Waals surface area contributed by atoms with Crippen LogP contribution in [0.3, 0.4) is 0 Å². The first-order chi connectivity index (χ1) is 7.24. The summed E-state index contributed by atoms with van der Waals surface area (Å²) >= 11 is 0. The maximum atomic E-state index is 9.89. The summed E-state index contributed by atoms with van der Waals surface area (Å²) in [6.45, 7) is 4.28. The van der Waals surface area contributed by atoms with Crippen molar-refractivity contribution in [3.8, 4) is 0 Å². The van der Waals surface area contributed by atoms with Crippen molar-refractivity contribution in [1.29, 1.82) is 0 Å². The van der Waals surface area contributed by atoms with Gasteiger partial charge in [0, 0.05) is 12.4 Å². The average molecular weight is 207 g/mol. The normalized spacial score (nSPS) is 14.9. The van der Waals surface area contributed by atoms with Crippen LogP contribution in [-0.4, -0.2) is 16.2 Å². The Hall–Kier alpha value is -0.890. The topological polar surface area (TPSA) is 33.1 Å². The summed E-state index contributed by atoms with van der Waals surface area (Å²) in [5.41, 5.74) is 1.26. The standard InChI is InChI=1S/C13H21NO/c1-3-4-11(2)13(15)6-5-12-7-9-14-10-8-12/h7-11,13,15H,3-6H2,1-2H3. The Balaban J connectivity index is 2.31. The number of rotatable bonds is 6. The molecule has 2 nitrogen and oxygen atoms in total. The third-order valence-corrected chi connectivity index (χ3v) is 2.88. The summed E-state index contributed by atoms with van der Waals surface area (Å²) < 4.78 is 0. The highest BCUT2D eigenvalue weighted by molar-refractivity contribution is 5.09. The van der Waals surface area contributed by atoms with E-state index in [1.54, 1.807) is 12.4 Å². The molecule has 1 heterocycles. The zero-order valence-corrected chi connectivity index (χ0v) is 9.69. The summed E-state index contributed by atoms with van der Waals surface area (Å²) in [6.07, 6.45) is 7.49. The fourth-order valence-corrected chi connectivity index (χ4v) is 1.80. The highest BCUT2D eigenvalue weighted by Gasteiger charge is 2.12. The van der Waals surface area contributed by atoms with E-state index >= 15 is 0 Å². The highest BCUT2D eigenvalue weighted by atomic mass is 16.3. The lowest BCUT2D eigenvalue weighted by Gasteiger charge is -2.17. The molecule has 0 saturated heterocycles. The molecule has 0 aliphatic heterocycles. The number of hydrogen-bond donors (Lipinski definition) is 1. The predicted molar refractivity (Wildman–Crippen MR) is 62.6 cm³/mol. The van der Waals surface area contributed by atoms with E-state index in [4.69, 9.17) is 0 Å². The van der Waals surface area contributed by atoms with Crippen molar-refractivity contribution in [2.45, 2.75) is 45.6 Å². The minimum Gasteiger partial charge on any atom is -0.393 e. The lowest BCUT2D eigenvalue weighted by Crippen LogP contribution is -2.18. The van der Waals surface area contributed by atoms with Crippen LogP contribution in [0.25, 0.3) is 0 Å². The minimum atomic E-state index is -0.168. The zero-order chi connectivity index (χ0) is 11.1. The molecular formula is C13H21NO. The van der Waals surface area contributed by atoms with Crippen molar-refractivity contribution in [2.75, 3.05) is 0 Å². The minimum absolute atomic E-state index is 0.168. The highest BCUT2D eigenvalue weighted by Crippen LogP contribution is 2.15. The molecule has 2 heteroatoms. The molecule has 84 valence electrons. The molecule has 1 rings (SSSR count). The molecule has 0 fully saturated rings. The van der Waals surface area contributed by atoms with Crippen LogP contribution in [0.5, 0.6) is 0 Å². The average Bonchev–Trinajstić information content (AvgIpc) is 2.27. The van der Waals surface area contributed by atoms with Crippen LogP contribution >= 0.6 is 0 Å². The lowest BCUT2D eigenvalue weighted by molar-refractivity contribution is 0.103. The molecule has 15 heavy (non-hydrogen) atoms. The van der Waals surface area contributed by atoms with Crippen LogP contribution in [-0.2, 0) is 6.42 Å². The van der Waals surface area contributed by atoms with E-state index in [2.05, 4.69) is 18.8 Å². The fraction of sp³-hybridized carbons (Fsp3) is 0.615. The fourth-order valence-electron chi connectivity index (χ4n) is 1.80. The molecular weight excluding hydrogens is 186 g/mol. The SMILES string of the molecule is CCCC(C)C(O)CCc1ccncc1. The summed E-state index contributed by atoms with van der Waals surface area (Å²) in [6, 6.07) is 4.02. The van der Waals surface area contributed by atoms with Gasteiger partial charge in [-0.3, -0.25) is 4.98 Å². The van der Waals surface area contributed by atoms with Crippen molar-refractivity contribution >= 4 is 0 Å². The Kier molecular flexibility index (Phi) is 5.33. The van der Waals surface area contributed by atoms with E-state index in [1.807, 2.05) is 12.1 Å². The largest absolute Gasteiger partial charge is 0.393 e. The van der Waals surface area contributed by atoms with Gasteiger partial charge in [-0.15, -0.1) is 0 Å². The molecule has 1 aromatic heterocycles. The van der Waals surface area contributed by atoms with Gasteiger partial charge in [0.1, 0.15) is 0 Å². The van der Waals surface area contributed by atoms with Gasteiger partial charge in [-0.1, -0.05) is 20.3 Å². The van der Waals surface area contributed by atoms with Gasteiger partial charge in [0.15, 0.2) is 0 Å². The second kappa shape index (κ2) is 6.57. The molecule has 0 aliphatic carbocycles. The van der Waals surface area contributed by atoms with Crippen LogP contribution in [0.2, 0.25) is 0 Å². The van der Waals surface area contributed by atoms with Gasteiger partial charge in [0.2, 0.25) is 0 Å².